The Hall–Kier alpha value is -1.71. The van der Waals surface area contributed by atoms with Gasteiger partial charge in [-0.1, -0.05) is 18.2 Å². The number of hydrogen-bond donors (Lipinski definition) is 2. The first kappa shape index (κ1) is 11.4. The van der Waals surface area contributed by atoms with Gasteiger partial charge >= 0.3 is 6.09 Å². The fourth-order valence-corrected chi connectivity index (χ4v) is 1.19. The van der Waals surface area contributed by atoms with Crippen molar-refractivity contribution in [2.45, 2.75) is 26.5 Å². The zero-order chi connectivity index (χ0) is 11.3. The Morgan fingerprint density at radius 2 is 2.13 bits per heavy atom. The molecule has 0 saturated carbocycles. The molecule has 1 aromatic rings. The van der Waals surface area contributed by atoms with Gasteiger partial charge in [0.1, 0.15) is 5.75 Å². The van der Waals surface area contributed by atoms with Crippen molar-refractivity contribution in [3.05, 3.63) is 29.8 Å². The molecule has 1 amide bonds. The minimum atomic E-state index is -1.03. The standard InChI is InChI=1S/C11H15NO3/c1-8(2)15-10-6-4-3-5-9(10)7-12-11(13)14/h3-6,8,12H,7H2,1-2H3,(H,13,14). The van der Waals surface area contributed by atoms with Crippen LogP contribution in [0.1, 0.15) is 19.4 Å². The van der Waals surface area contributed by atoms with Crippen LogP contribution in [0.5, 0.6) is 5.75 Å². The lowest BCUT2D eigenvalue weighted by Gasteiger charge is -2.13. The van der Waals surface area contributed by atoms with Crippen molar-refractivity contribution in [1.82, 2.24) is 5.32 Å². The third kappa shape index (κ3) is 3.89. The van der Waals surface area contributed by atoms with Gasteiger partial charge < -0.3 is 15.2 Å². The Morgan fingerprint density at radius 1 is 1.47 bits per heavy atom. The summed E-state index contributed by atoms with van der Waals surface area (Å²) < 4.78 is 5.54. The summed E-state index contributed by atoms with van der Waals surface area (Å²) in [7, 11) is 0. The van der Waals surface area contributed by atoms with Crippen LogP contribution < -0.4 is 10.1 Å². The van der Waals surface area contributed by atoms with Gasteiger partial charge in [-0.15, -0.1) is 0 Å². The third-order valence-electron chi connectivity index (χ3n) is 1.77. The number of para-hydroxylation sites is 1. The zero-order valence-corrected chi connectivity index (χ0v) is 8.86. The van der Waals surface area contributed by atoms with Crippen LogP contribution in [-0.4, -0.2) is 17.3 Å². The molecule has 0 bridgehead atoms. The van der Waals surface area contributed by atoms with E-state index in [1.807, 2.05) is 38.1 Å². The van der Waals surface area contributed by atoms with Crippen LogP contribution in [0.3, 0.4) is 0 Å². The molecule has 15 heavy (non-hydrogen) atoms. The second-order valence-corrected chi connectivity index (χ2v) is 3.43. The fraction of sp³-hybridized carbons (Fsp3) is 0.364. The van der Waals surface area contributed by atoms with Gasteiger partial charge in [-0.05, 0) is 19.9 Å². The highest BCUT2D eigenvalue weighted by atomic mass is 16.5. The molecule has 2 N–H and O–H groups in total. The minimum absolute atomic E-state index is 0.0796. The minimum Gasteiger partial charge on any atom is -0.491 e. The molecule has 0 radical (unpaired) electrons. The Bertz CT molecular complexity index is 336. The SMILES string of the molecule is CC(C)Oc1ccccc1CNC(=O)O. The van der Waals surface area contributed by atoms with Crippen LogP contribution in [0, 0.1) is 0 Å². The van der Waals surface area contributed by atoms with E-state index >= 15 is 0 Å². The molecule has 0 aliphatic carbocycles. The number of carbonyl (C=O) groups is 1. The second-order valence-electron chi connectivity index (χ2n) is 3.43. The Morgan fingerprint density at radius 3 is 2.73 bits per heavy atom. The number of amides is 1. The molecule has 0 aliphatic rings. The third-order valence-corrected chi connectivity index (χ3v) is 1.77. The molecule has 0 unspecified atom stereocenters. The molecule has 1 aromatic carbocycles. The van der Waals surface area contributed by atoms with Crippen LogP contribution >= 0.6 is 0 Å². The van der Waals surface area contributed by atoms with E-state index in [2.05, 4.69) is 5.32 Å². The van der Waals surface area contributed by atoms with Crippen LogP contribution in [0.4, 0.5) is 4.79 Å². The van der Waals surface area contributed by atoms with Gasteiger partial charge in [-0.3, -0.25) is 0 Å². The van der Waals surface area contributed by atoms with E-state index < -0.39 is 6.09 Å². The van der Waals surface area contributed by atoms with E-state index in [0.29, 0.717) is 0 Å². The number of nitrogens with one attached hydrogen (secondary N) is 1. The average molecular weight is 209 g/mol. The summed E-state index contributed by atoms with van der Waals surface area (Å²) in [5.41, 5.74) is 0.841. The van der Waals surface area contributed by atoms with E-state index in [9.17, 15) is 4.79 Å². The lowest BCUT2D eigenvalue weighted by Crippen LogP contribution is -2.20. The molecule has 4 nitrogen and oxygen atoms in total. The quantitative estimate of drug-likeness (QED) is 0.799. The molecule has 4 heteroatoms. The molecule has 0 spiro atoms. The van der Waals surface area contributed by atoms with Gasteiger partial charge in [0.05, 0.1) is 6.10 Å². The van der Waals surface area contributed by atoms with Gasteiger partial charge in [0, 0.05) is 12.1 Å². The van der Waals surface area contributed by atoms with E-state index in [0.717, 1.165) is 11.3 Å². The molecule has 82 valence electrons. The van der Waals surface area contributed by atoms with Gasteiger partial charge in [0.15, 0.2) is 0 Å². The van der Waals surface area contributed by atoms with Crippen LogP contribution in [0.15, 0.2) is 24.3 Å². The van der Waals surface area contributed by atoms with Crippen LogP contribution in [-0.2, 0) is 6.54 Å². The van der Waals surface area contributed by atoms with Crippen molar-refractivity contribution in [1.29, 1.82) is 0 Å². The van der Waals surface area contributed by atoms with E-state index in [4.69, 9.17) is 9.84 Å². The van der Waals surface area contributed by atoms with Gasteiger partial charge in [0.2, 0.25) is 0 Å². The topological polar surface area (TPSA) is 58.6 Å². The van der Waals surface area contributed by atoms with Crippen molar-refractivity contribution in [3.8, 4) is 5.75 Å². The maximum atomic E-state index is 10.4. The summed E-state index contributed by atoms with van der Waals surface area (Å²) >= 11 is 0. The van der Waals surface area contributed by atoms with E-state index in [1.165, 1.54) is 0 Å². The average Bonchev–Trinajstić information content (AvgIpc) is 2.15. The normalized spacial score (nSPS) is 10.1. The lowest BCUT2D eigenvalue weighted by molar-refractivity contribution is 0.193. The highest BCUT2D eigenvalue weighted by Gasteiger charge is 2.05. The Kier molecular flexibility index (Phi) is 3.97. The number of benzene rings is 1. The Labute approximate surface area is 88.9 Å². The predicted molar refractivity (Wildman–Crippen MR) is 57.1 cm³/mol. The van der Waals surface area contributed by atoms with Crippen LogP contribution in [0.25, 0.3) is 0 Å². The van der Waals surface area contributed by atoms with Crippen molar-refractivity contribution in [2.75, 3.05) is 0 Å². The summed E-state index contributed by atoms with van der Waals surface area (Å²) in [6.45, 7) is 4.13. The van der Waals surface area contributed by atoms with Crippen molar-refractivity contribution in [2.24, 2.45) is 0 Å². The first-order chi connectivity index (χ1) is 7.09. The first-order valence-electron chi connectivity index (χ1n) is 4.81. The summed E-state index contributed by atoms with van der Waals surface area (Å²) in [4.78, 5) is 10.4. The summed E-state index contributed by atoms with van der Waals surface area (Å²) in [6, 6.07) is 7.39. The fourth-order valence-electron chi connectivity index (χ4n) is 1.19. The number of hydrogen-bond acceptors (Lipinski definition) is 2. The van der Waals surface area contributed by atoms with Crippen molar-refractivity contribution in [3.63, 3.8) is 0 Å². The second kappa shape index (κ2) is 5.24. The summed E-state index contributed by atoms with van der Waals surface area (Å²) in [5, 5.41) is 10.8. The van der Waals surface area contributed by atoms with Crippen molar-refractivity contribution >= 4 is 6.09 Å². The van der Waals surface area contributed by atoms with Gasteiger partial charge in [-0.2, -0.15) is 0 Å². The smallest absolute Gasteiger partial charge is 0.404 e. The molecular weight excluding hydrogens is 194 g/mol. The first-order valence-corrected chi connectivity index (χ1v) is 4.81. The highest BCUT2D eigenvalue weighted by Crippen LogP contribution is 2.18. The maximum Gasteiger partial charge on any atom is 0.404 e. The Balaban J connectivity index is 2.72. The monoisotopic (exact) mass is 209 g/mol. The largest absolute Gasteiger partial charge is 0.491 e. The predicted octanol–water partition coefficient (Wildman–Crippen LogP) is 2.24. The lowest BCUT2D eigenvalue weighted by atomic mass is 10.2. The van der Waals surface area contributed by atoms with Crippen molar-refractivity contribution < 1.29 is 14.6 Å². The van der Waals surface area contributed by atoms with Gasteiger partial charge in [0.25, 0.3) is 0 Å². The molecular formula is C11H15NO3. The molecule has 0 heterocycles. The van der Waals surface area contributed by atoms with E-state index in [-0.39, 0.29) is 12.6 Å². The molecule has 0 atom stereocenters. The number of carboxylic acid groups (broad SMARTS) is 1. The summed E-state index contributed by atoms with van der Waals surface area (Å²) in [6.07, 6.45) is -0.953. The van der Waals surface area contributed by atoms with Gasteiger partial charge in [-0.25, -0.2) is 4.79 Å². The molecule has 0 aromatic heterocycles. The summed E-state index contributed by atoms with van der Waals surface area (Å²) in [5.74, 6) is 0.723. The molecule has 0 fully saturated rings. The molecule has 1 rings (SSSR count). The zero-order valence-electron chi connectivity index (χ0n) is 8.86. The van der Waals surface area contributed by atoms with E-state index in [1.54, 1.807) is 0 Å². The highest BCUT2D eigenvalue weighted by molar-refractivity contribution is 5.64. The number of ether oxygens (including phenoxy) is 1. The van der Waals surface area contributed by atoms with Crippen LogP contribution in [0.2, 0.25) is 0 Å². The molecule has 0 saturated heterocycles. The molecule has 0 aliphatic heterocycles. The number of rotatable bonds is 4. The maximum absolute atomic E-state index is 10.4.